The fraction of sp³-hybridized carbons (Fsp3) is 0.487. The molecule has 49 heavy (non-hydrogen) atoms. The fourth-order valence-electron chi connectivity index (χ4n) is 7.56. The van der Waals surface area contributed by atoms with Crippen LogP contribution in [0.1, 0.15) is 92.1 Å². The molecule has 0 unspecified atom stereocenters. The van der Waals surface area contributed by atoms with Crippen LogP contribution in [0.4, 0.5) is 15.3 Å². The number of rotatable bonds is 9. The minimum absolute atomic E-state index is 0.00794. The minimum atomic E-state index is -0.898. The molecule has 0 saturated heterocycles. The number of anilines is 1. The molecule has 2 aliphatic carbocycles. The van der Waals surface area contributed by atoms with Crippen LogP contribution in [-0.2, 0) is 15.1 Å². The highest BCUT2D eigenvalue weighted by atomic mass is 16.6. The highest BCUT2D eigenvalue weighted by molar-refractivity contribution is 5.93. The molecule has 262 valence electrons. The number of carboxylic acid groups (broad SMARTS) is 1. The first-order valence-corrected chi connectivity index (χ1v) is 17.3. The van der Waals surface area contributed by atoms with Crippen molar-refractivity contribution < 1.29 is 29.3 Å². The van der Waals surface area contributed by atoms with Gasteiger partial charge in [0.25, 0.3) is 0 Å². The average molecular weight is 671 g/mol. The molecule has 3 amide bonds. The number of carbonyl (C=O) groups excluding carboxylic acids is 2. The van der Waals surface area contributed by atoms with Gasteiger partial charge in [-0.25, -0.2) is 9.59 Å². The molecular weight excluding hydrogens is 620 g/mol. The summed E-state index contributed by atoms with van der Waals surface area (Å²) in [6.07, 6.45) is 4.49. The molecule has 0 bridgehead atoms. The first-order chi connectivity index (χ1) is 23.0. The number of ether oxygens (including phenoxy) is 1. The van der Waals surface area contributed by atoms with E-state index in [0.29, 0.717) is 24.9 Å². The van der Waals surface area contributed by atoms with E-state index in [1.54, 1.807) is 18.0 Å². The van der Waals surface area contributed by atoms with Gasteiger partial charge in [0.1, 0.15) is 5.60 Å². The second kappa shape index (κ2) is 14.2. The number of nitrogens with one attached hydrogen (secondary N) is 2. The Morgan fingerprint density at radius 2 is 1.61 bits per heavy atom. The van der Waals surface area contributed by atoms with Crippen molar-refractivity contribution in [2.24, 2.45) is 5.92 Å². The maximum absolute atomic E-state index is 13.2. The standard InChI is InChI=1S/C39H50N4O6/c1-25(2)43(36(46)47)31-18-12-26(13-19-31)20-33(44)41-30-21-32(27-10-8-7-9-11-27)34(40-22-30)28-14-16-29(17-15-28)39(23-38(6,48)24-39)42-35(45)49-37(3,4)5/h7-11,14-17,21-22,25-26,31,48H,12-13,18-20,23-24H2,1-6H3,(H,41,44)(H,42,45)(H,46,47)/t26?,31?,38-,39-. The Morgan fingerprint density at radius 3 is 2.16 bits per heavy atom. The van der Waals surface area contributed by atoms with Gasteiger partial charge in [0.2, 0.25) is 5.91 Å². The predicted octanol–water partition coefficient (Wildman–Crippen LogP) is 7.96. The Hall–Kier alpha value is -4.44. The van der Waals surface area contributed by atoms with E-state index in [1.807, 2.05) is 95.3 Å². The lowest BCUT2D eigenvalue weighted by atomic mass is 9.62. The summed E-state index contributed by atoms with van der Waals surface area (Å²) in [7, 11) is 0. The summed E-state index contributed by atoms with van der Waals surface area (Å²) in [6, 6.07) is 19.6. The van der Waals surface area contributed by atoms with Gasteiger partial charge in [0, 0.05) is 42.5 Å². The van der Waals surface area contributed by atoms with Gasteiger partial charge in [-0.15, -0.1) is 0 Å². The summed E-state index contributed by atoms with van der Waals surface area (Å²) in [5, 5.41) is 26.4. The van der Waals surface area contributed by atoms with E-state index in [1.165, 1.54) is 0 Å². The Morgan fingerprint density at radius 1 is 0.980 bits per heavy atom. The number of carbonyl (C=O) groups is 3. The number of pyridine rings is 1. The van der Waals surface area contributed by atoms with Gasteiger partial charge in [-0.1, -0.05) is 54.6 Å². The number of aliphatic hydroxyl groups is 1. The third kappa shape index (κ3) is 8.78. The van der Waals surface area contributed by atoms with Crippen LogP contribution >= 0.6 is 0 Å². The molecule has 1 heterocycles. The zero-order chi connectivity index (χ0) is 35.6. The van der Waals surface area contributed by atoms with Crippen molar-refractivity contribution in [1.29, 1.82) is 0 Å². The predicted molar refractivity (Wildman–Crippen MR) is 190 cm³/mol. The van der Waals surface area contributed by atoms with Gasteiger partial charge >= 0.3 is 12.2 Å². The normalized spacial score (nSPS) is 23.7. The van der Waals surface area contributed by atoms with Crippen molar-refractivity contribution in [3.63, 3.8) is 0 Å². The van der Waals surface area contributed by atoms with Crippen LogP contribution in [0.3, 0.4) is 0 Å². The molecule has 3 aromatic rings. The van der Waals surface area contributed by atoms with E-state index < -0.39 is 28.9 Å². The summed E-state index contributed by atoms with van der Waals surface area (Å²) >= 11 is 0. The smallest absolute Gasteiger partial charge is 0.408 e. The number of hydrogen-bond donors (Lipinski definition) is 4. The molecule has 0 spiro atoms. The third-order valence-electron chi connectivity index (χ3n) is 9.53. The Kier molecular flexibility index (Phi) is 10.4. The number of amides is 3. The zero-order valence-corrected chi connectivity index (χ0v) is 29.5. The van der Waals surface area contributed by atoms with Gasteiger partial charge < -0.3 is 30.5 Å². The van der Waals surface area contributed by atoms with E-state index in [9.17, 15) is 24.6 Å². The highest BCUT2D eigenvalue weighted by Crippen LogP contribution is 2.49. The second-order valence-electron chi connectivity index (χ2n) is 15.3. The van der Waals surface area contributed by atoms with E-state index in [0.717, 1.165) is 53.6 Å². The molecule has 1 aromatic heterocycles. The van der Waals surface area contributed by atoms with Crippen LogP contribution in [-0.4, -0.2) is 61.5 Å². The van der Waals surface area contributed by atoms with E-state index in [-0.39, 0.29) is 23.9 Å². The summed E-state index contributed by atoms with van der Waals surface area (Å²) < 4.78 is 5.53. The Labute approximate surface area is 289 Å². The van der Waals surface area contributed by atoms with Gasteiger partial charge in [-0.05, 0) is 90.3 Å². The number of hydrogen-bond acceptors (Lipinski definition) is 6. The van der Waals surface area contributed by atoms with E-state index >= 15 is 0 Å². The quantitative estimate of drug-likeness (QED) is 0.181. The molecule has 2 aromatic carbocycles. The number of benzene rings is 2. The van der Waals surface area contributed by atoms with E-state index in [2.05, 4.69) is 10.6 Å². The summed E-state index contributed by atoms with van der Waals surface area (Å²) in [5.74, 6) is 0.116. The van der Waals surface area contributed by atoms with Crippen LogP contribution in [0.25, 0.3) is 22.4 Å². The summed E-state index contributed by atoms with van der Waals surface area (Å²) in [6.45, 7) is 11.0. The van der Waals surface area contributed by atoms with Gasteiger partial charge in [-0.2, -0.15) is 0 Å². The molecule has 10 heteroatoms. The zero-order valence-electron chi connectivity index (χ0n) is 29.5. The third-order valence-corrected chi connectivity index (χ3v) is 9.53. The highest BCUT2D eigenvalue weighted by Gasteiger charge is 2.53. The average Bonchev–Trinajstić information content (AvgIpc) is 3.00. The molecule has 0 radical (unpaired) electrons. The second-order valence-corrected chi connectivity index (χ2v) is 15.3. The number of aromatic nitrogens is 1. The molecule has 2 aliphatic rings. The van der Waals surface area contributed by atoms with E-state index in [4.69, 9.17) is 9.72 Å². The SMILES string of the molecule is CC(C)N(C(=O)O)C1CCC(CC(=O)Nc2cnc(-c3ccc([C@]4(NC(=O)OC(C)(C)C)C[C@](C)(O)C4)cc3)c(-c3ccccc3)c2)CC1. The molecule has 2 fully saturated rings. The largest absolute Gasteiger partial charge is 0.465 e. The maximum atomic E-state index is 13.2. The molecular formula is C39H50N4O6. The lowest BCUT2D eigenvalue weighted by Gasteiger charge is -2.52. The monoisotopic (exact) mass is 670 g/mol. The summed E-state index contributed by atoms with van der Waals surface area (Å²) in [4.78, 5) is 44.0. The van der Waals surface area contributed by atoms with Gasteiger partial charge in [0.15, 0.2) is 0 Å². The van der Waals surface area contributed by atoms with Crippen molar-refractivity contribution in [3.8, 4) is 22.4 Å². The van der Waals surface area contributed by atoms with Crippen molar-refractivity contribution in [1.82, 2.24) is 15.2 Å². The molecule has 10 nitrogen and oxygen atoms in total. The van der Waals surface area contributed by atoms with Crippen LogP contribution in [0.2, 0.25) is 0 Å². The lowest BCUT2D eigenvalue weighted by Crippen LogP contribution is -2.62. The van der Waals surface area contributed by atoms with Crippen molar-refractivity contribution in [3.05, 3.63) is 72.4 Å². The first kappa shape index (κ1) is 35.9. The van der Waals surface area contributed by atoms with Gasteiger partial charge in [0.05, 0.1) is 28.7 Å². The minimum Gasteiger partial charge on any atom is -0.465 e. The van der Waals surface area contributed by atoms with Crippen LogP contribution in [0, 0.1) is 5.92 Å². The van der Waals surface area contributed by atoms with Crippen molar-refractivity contribution in [2.45, 2.75) is 115 Å². The maximum Gasteiger partial charge on any atom is 0.408 e. The molecule has 4 N–H and O–H groups in total. The molecule has 2 saturated carbocycles. The summed E-state index contributed by atoms with van der Waals surface area (Å²) in [5.41, 5.74) is 2.61. The van der Waals surface area contributed by atoms with Crippen molar-refractivity contribution in [2.75, 3.05) is 5.32 Å². The topological polar surface area (TPSA) is 141 Å². The number of alkyl carbamates (subject to hydrolysis) is 1. The van der Waals surface area contributed by atoms with Crippen LogP contribution < -0.4 is 10.6 Å². The Bertz CT molecular complexity index is 1630. The van der Waals surface area contributed by atoms with Gasteiger partial charge in [-0.3, -0.25) is 9.78 Å². The lowest BCUT2D eigenvalue weighted by molar-refractivity contribution is -0.117. The van der Waals surface area contributed by atoms with Crippen molar-refractivity contribution >= 4 is 23.8 Å². The Balaban J connectivity index is 1.32. The molecule has 5 rings (SSSR count). The van der Waals surface area contributed by atoms with Crippen LogP contribution in [0.5, 0.6) is 0 Å². The van der Waals surface area contributed by atoms with Crippen LogP contribution in [0.15, 0.2) is 66.9 Å². The number of nitrogens with zero attached hydrogens (tertiary/aromatic N) is 2. The molecule has 0 aliphatic heterocycles. The first-order valence-electron chi connectivity index (χ1n) is 17.3. The molecule has 0 atom stereocenters. The fourth-order valence-corrected chi connectivity index (χ4v) is 7.56.